The lowest BCUT2D eigenvalue weighted by atomic mass is 9.94. The van der Waals surface area contributed by atoms with Crippen molar-refractivity contribution in [2.75, 3.05) is 6.26 Å². The molecule has 0 N–H and O–H groups in total. The van der Waals surface area contributed by atoms with Crippen LogP contribution < -0.4 is 0 Å². The molecule has 25 heavy (non-hydrogen) atoms. The fraction of sp³-hybridized carbons (Fsp3) is 0.0870. The molecular formula is C23H18OS. The highest BCUT2D eigenvalue weighted by molar-refractivity contribution is 7.98. The van der Waals surface area contributed by atoms with E-state index in [1.165, 1.54) is 26.4 Å². The molecule has 0 aliphatic carbocycles. The number of rotatable bonds is 4. The van der Waals surface area contributed by atoms with Crippen LogP contribution in [0.2, 0.25) is 0 Å². The van der Waals surface area contributed by atoms with E-state index in [9.17, 15) is 4.79 Å². The molecule has 0 aromatic heterocycles. The SMILES string of the molecule is CSc1cc2ccccc2c2cccc(CC(=O)c3ccccc3)c12. The van der Waals surface area contributed by atoms with Crippen molar-refractivity contribution in [3.05, 3.63) is 90.0 Å². The van der Waals surface area contributed by atoms with Crippen LogP contribution in [0.4, 0.5) is 0 Å². The van der Waals surface area contributed by atoms with Crippen molar-refractivity contribution in [3.63, 3.8) is 0 Å². The van der Waals surface area contributed by atoms with E-state index in [2.05, 4.69) is 54.8 Å². The minimum absolute atomic E-state index is 0.160. The van der Waals surface area contributed by atoms with Crippen LogP contribution in [0.25, 0.3) is 21.5 Å². The van der Waals surface area contributed by atoms with Crippen molar-refractivity contribution in [2.45, 2.75) is 11.3 Å². The molecule has 0 fully saturated rings. The number of benzene rings is 4. The third kappa shape index (κ3) is 2.94. The Bertz CT molecular complexity index is 1070. The number of carbonyl (C=O) groups is 1. The van der Waals surface area contributed by atoms with Gasteiger partial charge in [0.25, 0.3) is 0 Å². The summed E-state index contributed by atoms with van der Waals surface area (Å²) in [5.41, 5.74) is 1.87. The Hall–Kier alpha value is -2.58. The molecule has 0 bridgehead atoms. The van der Waals surface area contributed by atoms with Crippen LogP contribution in [0, 0.1) is 0 Å². The molecular weight excluding hydrogens is 324 g/mol. The Morgan fingerprint density at radius 3 is 2.36 bits per heavy atom. The number of thioether (sulfide) groups is 1. The third-order valence-corrected chi connectivity index (χ3v) is 5.36. The third-order valence-electron chi connectivity index (χ3n) is 4.60. The smallest absolute Gasteiger partial charge is 0.167 e. The quantitative estimate of drug-likeness (QED) is 0.252. The Kier molecular flexibility index (Phi) is 4.29. The summed E-state index contributed by atoms with van der Waals surface area (Å²) >= 11 is 1.74. The van der Waals surface area contributed by atoms with E-state index < -0.39 is 0 Å². The average Bonchev–Trinajstić information content (AvgIpc) is 2.68. The predicted octanol–water partition coefficient (Wildman–Crippen LogP) is 6.14. The summed E-state index contributed by atoms with van der Waals surface area (Å²) in [7, 11) is 0. The molecule has 0 saturated heterocycles. The molecule has 122 valence electrons. The molecule has 0 atom stereocenters. The van der Waals surface area contributed by atoms with Crippen molar-refractivity contribution < 1.29 is 4.79 Å². The van der Waals surface area contributed by atoms with Crippen molar-refractivity contribution in [1.29, 1.82) is 0 Å². The van der Waals surface area contributed by atoms with E-state index in [-0.39, 0.29) is 5.78 Å². The first-order valence-corrected chi connectivity index (χ1v) is 9.56. The van der Waals surface area contributed by atoms with Gasteiger partial charge in [0.15, 0.2) is 5.78 Å². The summed E-state index contributed by atoms with van der Waals surface area (Å²) in [6, 6.07) is 26.5. The molecule has 0 aliphatic heterocycles. The average molecular weight is 342 g/mol. The minimum Gasteiger partial charge on any atom is -0.294 e. The van der Waals surface area contributed by atoms with Gasteiger partial charge in [-0.25, -0.2) is 0 Å². The summed E-state index contributed by atoms with van der Waals surface area (Å²) in [4.78, 5) is 13.9. The van der Waals surface area contributed by atoms with E-state index in [1.807, 2.05) is 30.3 Å². The summed E-state index contributed by atoms with van der Waals surface area (Å²) in [6.07, 6.45) is 2.52. The molecule has 4 aromatic carbocycles. The number of fused-ring (bicyclic) bond motifs is 3. The summed E-state index contributed by atoms with van der Waals surface area (Å²) in [5.74, 6) is 0.160. The molecule has 4 aromatic rings. The molecule has 1 nitrogen and oxygen atoms in total. The number of carbonyl (C=O) groups excluding carboxylic acids is 1. The van der Waals surface area contributed by atoms with Crippen molar-refractivity contribution >= 4 is 39.1 Å². The van der Waals surface area contributed by atoms with Crippen LogP contribution >= 0.6 is 11.8 Å². The number of ketones is 1. The van der Waals surface area contributed by atoms with E-state index in [0.717, 1.165) is 11.1 Å². The Morgan fingerprint density at radius 1 is 0.840 bits per heavy atom. The second kappa shape index (κ2) is 6.73. The highest BCUT2D eigenvalue weighted by atomic mass is 32.2. The zero-order chi connectivity index (χ0) is 17.2. The summed E-state index contributed by atoms with van der Waals surface area (Å²) in [5, 5.41) is 4.91. The molecule has 2 heteroatoms. The first-order chi connectivity index (χ1) is 12.3. The lowest BCUT2D eigenvalue weighted by Crippen LogP contribution is -2.04. The van der Waals surface area contributed by atoms with Gasteiger partial charge >= 0.3 is 0 Å². The van der Waals surface area contributed by atoms with Gasteiger partial charge in [0.2, 0.25) is 0 Å². The predicted molar refractivity (Wildman–Crippen MR) is 108 cm³/mol. The van der Waals surface area contributed by atoms with Gasteiger partial charge in [0.05, 0.1) is 0 Å². The van der Waals surface area contributed by atoms with Crippen molar-refractivity contribution in [1.82, 2.24) is 0 Å². The maximum atomic E-state index is 12.7. The zero-order valence-electron chi connectivity index (χ0n) is 14.0. The monoisotopic (exact) mass is 342 g/mol. The molecule has 0 radical (unpaired) electrons. The topological polar surface area (TPSA) is 17.1 Å². The molecule has 0 unspecified atom stereocenters. The fourth-order valence-corrected chi connectivity index (χ4v) is 4.09. The van der Waals surface area contributed by atoms with Crippen LogP contribution in [-0.2, 0) is 6.42 Å². The second-order valence-electron chi connectivity index (χ2n) is 6.11. The largest absolute Gasteiger partial charge is 0.294 e. The Balaban J connectivity index is 1.90. The number of Topliss-reactive ketones (excluding diaryl/α,β-unsaturated/α-hetero) is 1. The summed E-state index contributed by atoms with van der Waals surface area (Å²) < 4.78 is 0. The van der Waals surface area contributed by atoms with Crippen molar-refractivity contribution in [2.24, 2.45) is 0 Å². The lowest BCUT2D eigenvalue weighted by Gasteiger charge is -2.13. The van der Waals surface area contributed by atoms with Crippen LogP contribution in [0.1, 0.15) is 15.9 Å². The van der Waals surface area contributed by atoms with Gasteiger partial charge in [-0.15, -0.1) is 11.8 Å². The molecule has 0 amide bonds. The van der Waals surface area contributed by atoms with E-state index in [0.29, 0.717) is 6.42 Å². The molecule has 0 spiro atoms. The van der Waals surface area contributed by atoms with Crippen LogP contribution in [0.5, 0.6) is 0 Å². The van der Waals surface area contributed by atoms with Crippen molar-refractivity contribution in [3.8, 4) is 0 Å². The molecule has 4 rings (SSSR count). The van der Waals surface area contributed by atoms with Gasteiger partial charge in [0, 0.05) is 16.9 Å². The van der Waals surface area contributed by atoms with E-state index >= 15 is 0 Å². The lowest BCUT2D eigenvalue weighted by molar-refractivity contribution is 0.0993. The molecule has 0 heterocycles. The minimum atomic E-state index is 0.160. The zero-order valence-corrected chi connectivity index (χ0v) is 14.8. The molecule has 0 saturated carbocycles. The fourth-order valence-electron chi connectivity index (χ4n) is 3.40. The highest BCUT2D eigenvalue weighted by Crippen LogP contribution is 2.36. The van der Waals surface area contributed by atoms with Gasteiger partial charge < -0.3 is 0 Å². The first kappa shape index (κ1) is 15.9. The van der Waals surface area contributed by atoms with E-state index in [1.54, 1.807) is 11.8 Å². The maximum Gasteiger partial charge on any atom is 0.167 e. The van der Waals surface area contributed by atoms with Crippen LogP contribution in [0.3, 0.4) is 0 Å². The van der Waals surface area contributed by atoms with Crippen LogP contribution in [0.15, 0.2) is 83.8 Å². The number of hydrogen-bond acceptors (Lipinski definition) is 2. The van der Waals surface area contributed by atoms with Gasteiger partial charge in [-0.2, -0.15) is 0 Å². The van der Waals surface area contributed by atoms with Gasteiger partial charge in [0.1, 0.15) is 0 Å². The Morgan fingerprint density at radius 2 is 1.56 bits per heavy atom. The second-order valence-corrected chi connectivity index (χ2v) is 6.95. The molecule has 0 aliphatic rings. The van der Waals surface area contributed by atoms with E-state index in [4.69, 9.17) is 0 Å². The normalized spacial score (nSPS) is 11.1. The summed E-state index contributed by atoms with van der Waals surface area (Å²) in [6.45, 7) is 0. The van der Waals surface area contributed by atoms with Gasteiger partial charge in [-0.1, -0.05) is 72.8 Å². The maximum absolute atomic E-state index is 12.7. The number of hydrogen-bond donors (Lipinski definition) is 0. The van der Waals surface area contributed by atoms with Gasteiger partial charge in [-0.3, -0.25) is 4.79 Å². The Labute approximate surface area is 151 Å². The van der Waals surface area contributed by atoms with Gasteiger partial charge in [-0.05, 0) is 39.4 Å². The highest BCUT2D eigenvalue weighted by Gasteiger charge is 2.13. The van der Waals surface area contributed by atoms with Crippen LogP contribution in [-0.4, -0.2) is 12.0 Å². The standard InChI is InChI=1S/C23H18OS/c1-25-22-15-17-10-5-6-12-19(17)20-13-7-11-18(23(20)22)14-21(24)16-8-3-2-4-9-16/h2-13,15H,14H2,1H3. The first-order valence-electron chi connectivity index (χ1n) is 8.33.